The molecule has 24 heavy (non-hydrogen) atoms. The van der Waals surface area contributed by atoms with Gasteiger partial charge < -0.3 is 14.8 Å². The fraction of sp³-hybridized carbons (Fsp3) is 0.412. The van der Waals surface area contributed by atoms with E-state index in [0.29, 0.717) is 25.5 Å². The van der Waals surface area contributed by atoms with Gasteiger partial charge in [-0.3, -0.25) is 9.89 Å². The molecule has 1 aliphatic heterocycles. The number of benzene rings is 1. The van der Waals surface area contributed by atoms with E-state index in [-0.39, 0.29) is 12.0 Å². The molecule has 7 heteroatoms. The summed E-state index contributed by atoms with van der Waals surface area (Å²) >= 11 is 3.40. The molecule has 6 nitrogen and oxygen atoms in total. The van der Waals surface area contributed by atoms with Gasteiger partial charge in [-0.15, -0.1) is 0 Å². The van der Waals surface area contributed by atoms with Crippen molar-refractivity contribution in [3.63, 3.8) is 0 Å². The predicted octanol–water partition coefficient (Wildman–Crippen LogP) is 2.76. The Morgan fingerprint density at radius 2 is 2.25 bits per heavy atom. The van der Waals surface area contributed by atoms with Crippen LogP contribution in [0, 0.1) is 0 Å². The zero-order valence-corrected chi connectivity index (χ0v) is 14.8. The van der Waals surface area contributed by atoms with Gasteiger partial charge in [-0.25, -0.2) is 0 Å². The van der Waals surface area contributed by atoms with Crippen LogP contribution in [-0.4, -0.2) is 48.6 Å². The largest absolute Gasteiger partial charge is 0.377 e. The zero-order chi connectivity index (χ0) is 16.8. The first-order valence-electron chi connectivity index (χ1n) is 8.01. The molecule has 0 bridgehead atoms. The molecule has 0 spiro atoms. The molecule has 128 valence electrons. The van der Waals surface area contributed by atoms with Gasteiger partial charge >= 0.3 is 0 Å². The minimum absolute atomic E-state index is 0.188. The van der Waals surface area contributed by atoms with Gasteiger partial charge in [0.2, 0.25) is 0 Å². The number of hydrogen-bond acceptors (Lipinski definition) is 4. The quantitative estimate of drug-likeness (QED) is 0.709. The highest BCUT2D eigenvalue weighted by Gasteiger charge is 2.15. The van der Waals surface area contributed by atoms with Crippen LogP contribution in [-0.2, 0) is 9.47 Å². The van der Waals surface area contributed by atoms with Gasteiger partial charge in [0.1, 0.15) is 5.69 Å². The van der Waals surface area contributed by atoms with Crippen LogP contribution in [0.4, 0.5) is 0 Å². The Hall–Kier alpha value is -1.70. The van der Waals surface area contributed by atoms with E-state index >= 15 is 0 Å². The minimum atomic E-state index is -0.188. The molecule has 0 aliphatic carbocycles. The SMILES string of the molecule is O=C(NCCOCC1CCCO1)c1cc(-c2ccc(Br)cc2)n[nH]1. The molecule has 1 fully saturated rings. The number of aromatic nitrogens is 2. The molecular formula is C17H20BrN3O3. The number of H-pyrrole nitrogens is 1. The molecular weight excluding hydrogens is 374 g/mol. The number of nitrogens with one attached hydrogen (secondary N) is 2. The molecule has 2 aromatic rings. The Bertz CT molecular complexity index is 666. The molecule has 1 unspecified atom stereocenters. The Labute approximate surface area is 149 Å². The van der Waals surface area contributed by atoms with E-state index in [9.17, 15) is 4.79 Å². The van der Waals surface area contributed by atoms with E-state index in [0.717, 1.165) is 35.2 Å². The van der Waals surface area contributed by atoms with Crippen LogP contribution in [0.25, 0.3) is 11.3 Å². The van der Waals surface area contributed by atoms with Crippen LogP contribution >= 0.6 is 15.9 Å². The second kappa shape index (κ2) is 8.41. The third-order valence-corrected chi connectivity index (χ3v) is 4.35. The number of carbonyl (C=O) groups excluding carboxylic acids is 1. The average Bonchev–Trinajstić information content (AvgIpc) is 3.27. The number of rotatable bonds is 7. The maximum Gasteiger partial charge on any atom is 0.269 e. The molecule has 1 saturated heterocycles. The highest BCUT2D eigenvalue weighted by atomic mass is 79.9. The summed E-state index contributed by atoms with van der Waals surface area (Å²) in [6.45, 7) is 2.34. The molecule has 3 rings (SSSR count). The fourth-order valence-electron chi connectivity index (χ4n) is 2.53. The molecule has 1 amide bonds. The lowest BCUT2D eigenvalue weighted by Gasteiger charge is -2.10. The molecule has 1 aromatic carbocycles. The van der Waals surface area contributed by atoms with E-state index in [4.69, 9.17) is 9.47 Å². The highest BCUT2D eigenvalue weighted by molar-refractivity contribution is 9.10. The standard InChI is InChI=1S/C17H20BrN3O3/c18-13-5-3-12(4-6-13)15-10-16(21-20-15)17(22)19-7-9-23-11-14-2-1-8-24-14/h3-6,10,14H,1-2,7-9,11H2,(H,19,22)(H,20,21). The predicted molar refractivity (Wildman–Crippen MR) is 93.8 cm³/mol. The Balaban J connectivity index is 1.42. The van der Waals surface area contributed by atoms with Crippen molar-refractivity contribution in [2.24, 2.45) is 0 Å². The average molecular weight is 394 g/mol. The monoisotopic (exact) mass is 393 g/mol. The Morgan fingerprint density at radius 3 is 3.00 bits per heavy atom. The molecule has 1 atom stereocenters. The van der Waals surface area contributed by atoms with Gasteiger partial charge in [-0.1, -0.05) is 28.1 Å². The van der Waals surface area contributed by atoms with Crippen molar-refractivity contribution in [2.75, 3.05) is 26.4 Å². The van der Waals surface area contributed by atoms with Gasteiger partial charge in [0, 0.05) is 23.2 Å². The summed E-state index contributed by atoms with van der Waals surface area (Å²) in [6.07, 6.45) is 2.37. The van der Waals surface area contributed by atoms with Crippen molar-refractivity contribution in [2.45, 2.75) is 18.9 Å². The second-order valence-electron chi connectivity index (χ2n) is 5.64. The molecule has 0 radical (unpaired) electrons. The van der Waals surface area contributed by atoms with Crippen LogP contribution in [0.15, 0.2) is 34.8 Å². The lowest BCUT2D eigenvalue weighted by molar-refractivity contribution is 0.0183. The van der Waals surface area contributed by atoms with Gasteiger partial charge in [0.25, 0.3) is 5.91 Å². The van der Waals surface area contributed by atoms with Gasteiger partial charge in [0.05, 0.1) is 25.0 Å². The minimum Gasteiger partial charge on any atom is -0.377 e. The lowest BCUT2D eigenvalue weighted by atomic mass is 10.1. The van der Waals surface area contributed by atoms with Crippen molar-refractivity contribution in [3.8, 4) is 11.3 Å². The Kier molecular flexibility index (Phi) is 6.01. The van der Waals surface area contributed by atoms with Gasteiger partial charge in [0.15, 0.2) is 0 Å². The summed E-state index contributed by atoms with van der Waals surface area (Å²) in [5, 5.41) is 9.77. The maximum absolute atomic E-state index is 12.1. The molecule has 2 heterocycles. The van der Waals surface area contributed by atoms with E-state index in [1.54, 1.807) is 6.07 Å². The lowest BCUT2D eigenvalue weighted by Crippen LogP contribution is -2.28. The van der Waals surface area contributed by atoms with Crippen molar-refractivity contribution in [3.05, 3.63) is 40.5 Å². The third kappa shape index (κ3) is 4.66. The normalized spacial score (nSPS) is 17.1. The first kappa shape index (κ1) is 17.1. The van der Waals surface area contributed by atoms with Gasteiger partial charge in [-0.2, -0.15) is 5.10 Å². The van der Waals surface area contributed by atoms with E-state index in [1.165, 1.54) is 0 Å². The Morgan fingerprint density at radius 1 is 1.42 bits per heavy atom. The van der Waals surface area contributed by atoms with Crippen molar-refractivity contribution in [1.29, 1.82) is 0 Å². The molecule has 0 saturated carbocycles. The number of carbonyl (C=O) groups is 1. The number of halogens is 1. The van der Waals surface area contributed by atoms with E-state index < -0.39 is 0 Å². The van der Waals surface area contributed by atoms with E-state index in [1.807, 2.05) is 24.3 Å². The smallest absolute Gasteiger partial charge is 0.269 e. The summed E-state index contributed by atoms with van der Waals surface area (Å²) < 4.78 is 12.0. The van der Waals surface area contributed by atoms with Crippen LogP contribution < -0.4 is 5.32 Å². The summed E-state index contributed by atoms with van der Waals surface area (Å²) in [5.74, 6) is -0.188. The van der Waals surface area contributed by atoms with Crippen LogP contribution in [0.3, 0.4) is 0 Å². The zero-order valence-electron chi connectivity index (χ0n) is 13.3. The topological polar surface area (TPSA) is 76.2 Å². The summed E-state index contributed by atoms with van der Waals surface area (Å²) in [6, 6.07) is 9.51. The van der Waals surface area contributed by atoms with Gasteiger partial charge in [-0.05, 0) is 31.0 Å². The number of aromatic amines is 1. The van der Waals surface area contributed by atoms with Crippen molar-refractivity contribution < 1.29 is 14.3 Å². The van der Waals surface area contributed by atoms with E-state index in [2.05, 4.69) is 31.4 Å². The number of hydrogen-bond donors (Lipinski definition) is 2. The number of nitrogens with zero attached hydrogens (tertiary/aromatic N) is 1. The number of amides is 1. The first-order valence-corrected chi connectivity index (χ1v) is 8.80. The summed E-state index contributed by atoms with van der Waals surface area (Å²) in [5.41, 5.74) is 2.13. The van der Waals surface area contributed by atoms with Crippen molar-refractivity contribution in [1.82, 2.24) is 15.5 Å². The van der Waals surface area contributed by atoms with Crippen LogP contribution in [0.5, 0.6) is 0 Å². The molecule has 2 N–H and O–H groups in total. The van der Waals surface area contributed by atoms with Crippen LogP contribution in [0.1, 0.15) is 23.3 Å². The fourth-order valence-corrected chi connectivity index (χ4v) is 2.79. The summed E-state index contributed by atoms with van der Waals surface area (Å²) in [7, 11) is 0. The second-order valence-corrected chi connectivity index (χ2v) is 6.56. The number of ether oxygens (including phenoxy) is 2. The summed E-state index contributed by atoms with van der Waals surface area (Å²) in [4.78, 5) is 12.1. The maximum atomic E-state index is 12.1. The molecule has 1 aromatic heterocycles. The third-order valence-electron chi connectivity index (χ3n) is 3.82. The molecule has 1 aliphatic rings. The first-order chi connectivity index (χ1) is 11.7. The van der Waals surface area contributed by atoms with Crippen molar-refractivity contribution >= 4 is 21.8 Å². The highest BCUT2D eigenvalue weighted by Crippen LogP contribution is 2.20. The van der Waals surface area contributed by atoms with Crippen LogP contribution in [0.2, 0.25) is 0 Å².